The summed E-state index contributed by atoms with van der Waals surface area (Å²) in [7, 11) is 0. The number of carbonyl (C=O) groups excluding carboxylic acids is 2. The van der Waals surface area contributed by atoms with E-state index in [9.17, 15) is 9.59 Å². The molecule has 1 saturated heterocycles. The molecular weight excluding hydrogens is 426 g/mol. The van der Waals surface area contributed by atoms with Crippen molar-refractivity contribution in [3.63, 3.8) is 0 Å². The van der Waals surface area contributed by atoms with Crippen LogP contribution in [0.1, 0.15) is 27.3 Å². The van der Waals surface area contributed by atoms with Gasteiger partial charge in [0.15, 0.2) is 0 Å². The number of ketones is 1. The van der Waals surface area contributed by atoms with Gasteiger partial charge in [-0.3, -0.25) is 19.5 Å². The van der Waals surface area contributed by atoms with E-state index in [2.05, 4.69) is 39.2 Å². The summed E-state index contributed by atoms with van der Waals surface area (Å²) in [5.74, 6) is -0.936. The Bertz CT molecular complexity index is 1350. The Kier molecular flexibility index (Phi) is 5.94. The summed E-state index contributed by atoms with van der Waals surface area (Å²) < 4.78 is 1.73. The van der Waals surface area contributed by atoms with Crippen LogP contribution in [0.3, 0.4) is 0 Å². The van der Waals surface area contributed by atoms with Crippen molar-refractivity contribution in [2.75, 3.05) is 26.2 Å². The summed E-state index contributed by atoms with van der Waals surface area (Å²) >= 11 is 0. The van der Waals surface area contributed by atoms with Crippen molar-refractivity contribution in [1.82, 2.24) is 24.6 Å². The molecule has 0 N–H and O–H groups in total. The fraction of sp³-hybridized carbons (Fsp3) is 0.259. The molecule has 0 aliphatic carbocycles. The molecule has 172 valence electrons. The third-order valence-electron chi connectivity index (χ3n) is 6.48. The summed E-state index contributed by atoms with van der Waals surface area (Å²) in [6.45, 7) is 6.85. The van der Waals surface area contributed by atoms with Crippen molar-refractivity contribution < 1.29 is 9.59 Å². The van der Waals surface area contributed by atoms with E-state index >= 15 is 0 Å². The van der Waals surface area contributed by atoms with Gasteiger partial charge in [-0.25, -0.2) is 4.68 Å². The molecule has 5 rings (SSSR count). The lowest BCUT2D eigenvalue weighted by atomic mass is 10.1. The maximum absolute atomic E-state index is 13.2. The molecule has 0 radical (unpaired) electrons. The molecule has 7 heteroatoms. The highest BCUT2D eigenvalue weighted by molar-refractivity contribution is 6.43. The first kappa shape index (κ1) is 22.0. The number of benzene rings is 2. The van der Waals surface area contributed by atoms with E-state index in [1.54, 1.807) is 16.5 Å². The summed E-state index contributed by atoms with van der Waals surface area (Å²) in [6.07, 6.45) is 1.82. The minimum Gasteiger partial charge on any atom is -0.333 e. The Morgan fingerprint density at radius 2 is 1.62 bits per heavy atom. The largest absolute Gasteiger partial charge is 0.333 e. The van der Waals surface area contributed by atoms with E-state index in [-0.39, 0.29) is 0 Å². The van der Waals surface area contributed by atoms with Crippen molar-refractivity contribution in [3.05, 3.63) is 89.4 Å². The Labute approximate surface area is 198 Å². The molecule has 0 atom stereocenters. The predicted molar refractivity (Wildman–Crippen MR) is 131 cm³/mol. The van der Waals surface area contributed by atoms with Crippen molar-refractivity contribution in [1.29, 1.82) is 0 Å². The number of aryl methyl sites for hydroxylation is 1. The lowest BCUT2D eigenvalue weighted by molar-refractivity contribution is -0.128. The van der Waals surface area contributed by atoms with E-state index in [0.717, 1.165) is 23.1 Å². The molecule has 1 fully saturated rings. The maximum Gasteiger partial charge on any atom is 0.295 e. The Morgan fingerprint density at radius 1 is 0.882 bits per heavy atom. The number of hydrogen-bond acceptors (Lipinski definition) is 5. The molecular formula is C27H27N5O2. The van der Waals surface area contributed by atoms with Crippen molar-refractivity contribution in [3.8, 4) is 5.69 Å². The zero-order valence-corrected chi connectivity index (χ0v) is 19.4. The van der Waals surface area contributed by atoms with Crippen LogP contribution in [0.2, 0.25) is 0 Å². The molecule has 1 aliphatic rings. The number of fused-ring (bicyclic) bond motifs is 1. The van der Waals surface area contributed by atoms with Crippen LogP contribution < -0.4 is 0 Å². The molecule has 0 bridgehead atoms. The van der Waals surface area contributed by atoms with E-state index in [0.29, 0.717) is 43.1 Å². The number of pyridine rings is 1. The fourth-order valence-electron chi connectivity index (χ4n) is 4.69. The summed E-state index contributed by atoms with van der Waals surface area (Å²) in [6, 6.07) is 19.9. The average molecular weight is 454 g/mol. The number of rotatable bonds is 5. The number of amides is 1. The molecule has 0 spiro atoms. The third-order valence-corrected chi connectivity index (χ3v) is 6.48. The van der Waals surface area contributed by atoms with Gasteiger partial charge in [0.2, 0.25) is 0 Å². The maximum atomic E-state index is 13.2. The van der Waals surface area contributed by atoms with Gasteiger partial charge >= 0.3 is 0 Å². The number of para-hydroxylation sites is 2. The van der Waals surface area contributed by atoms with Crippen LogP contribution in [-0.4, -0.2) is 62.4 Å². The molecule has 4 aromatic rings. The Hall–Kier alpha value is -3.84. The van der Waals surface area contributed by atoms with Crippen molar-refractivity contribution in [2.24, 2.45) is 0 Å². The smallest absolute Gasteiger partial charge is 0.295 e. The molecule has 1 aliphatic heterocycles. The molecule has 0 saturated carbocycles. The summed E-state index contributed by atoms with van der Waals surface area (Å²) in [5.41, 5.74) is 4.71. The molecule has 2 aromatic carbocycles. The molecule has 0 unspecified atom stereocenters. The zero-order chi connectivity index (χ0) is 23.7. The fourth-order valence-corrected chi connectivity index (χ4v) is 4.69. The van der Waals surface area contributed by atoms with Crippen LogP contribution in [0.15, 0.2) is 66.9 Å². The quantitative estimate of drug-likeness (QED) is 0.341. The first-order valence-electron chi connectivity index (χ1n) is 11.5. The van der Waals surface area contributed by atoms with Gasteiger partial charge in [0.05, 0.1) is 28.2 Å². The normalized spacial score (nSPS) is 14.5. The van der Waals surface area contributed by atoms with Gasteiger partial charge in [0.1, 0.15) is 0 Å². The lowest BCUT2D eigenvalue weighted by Gasteiger charge is -2.34. The first-order chi connectivity index (χ1) is 16.5. The summed E-state index contributed by atoms with van der Waals surface area (Å²) in [5, 5.41) is 5.65. The molecule has 2 aromatic heterocycles. The monoisotopic (exact) mass is 453 g/mol. The number of hydrogen-bond donors (Lipinski definition) is 0. The molecule has 7 nitrogen and oxygen atoms in total. The SMILES string of the molecule is Cc1nn(-c2ccccc2)c(C)c1C(=O)C(=O)N1CCN(Cc2cccc3cccnc23)CC1. The highest BCUT2D eigenvalue weighted by atomic mass is 16.2. The van der Waals surface area contributed by atoms with Gasteiger partial charge in [-0.05, 0) is 37.6 Å². The topological polar surface area (TPSA) is 71.3 Å². The Morgan fingerprint density at radius 3 is 2.38 bits per heavy atom. The van der Waals surface area contributed by atoms with Gasteiger partial charge in [-0.2, -0.15) is 5.10 Å². The molecule has 34 heavy (non-hydrogen) atoms. The molecule has 1 amide bonds. The van der Waals surface area contributed by atoms with Crippen LogP contribution in [0.5, 0.6) is 0 Å². The van der Waals surface area contributed by atoms with Gasteiger partial charge in [-0.1, -0.05) is 42.5 Å². The van der Waals surface area contributed by atoms with Gasteiger partial charge in [0, 0.05) is 44.3 Å². The van der Waals surface area contributed by atoms with Crippen LogP contribution in [0.4, 0.5) is 0 Å². The van der Waals surface area contributed by atoms with E-state index in [1.165, 1.54) is 5.56 Å². The second-order valence-corrected chi connectivity index (χ2v) is 8.68. The Balaban J connectivity index is 1.26. The average Bonchev–Trinajstić information content (AvgIpc) is 3.18. The minimum atomic E-state index is -0.483. The zero-order valence-electron chi connectivity index (χ0n) is 19.4. The van der Waals surface area contributed by atoms with Crippen molar-refractivity contribution in [2.45, 2.75) is 20.4 Å². The first-order valence-corrected chi connectivity index (χ1v) is 11.5. The van der Waals surface area contributed by atoms with Crippen LogP contribution >= 0.6 is 0 Å². The predicted octanol–water partition coefficient (Wildman–Crippen LogP) is 3.56. The van der Waals surface area contributed by atoms with Gasteiger partial charge < -0.3 is 4.90 Å². The summed E-state index contributed by atoms with van der Waals surface area (Å²) in [4.78, 5) is 34.8. The number of piperazine rings is 1. The lowest BCUT2D eigenvalue weighted by Crippen LogP contribution is -2.50. The number of Topliss-reactive ketones (excluding diaryl/α,β-unsaturated/α-hetero) is 1. The van der Waals surface area contributed by atoms with E-state index < -0.39 is 11.7 Å². The second kappa shape index (κ2) is 9.19. The number of nitrogens with zero attached hydrogens (tertiary/aromatic N) is 5. The van der Waals surface area contributed by atoms with Crippen LogP contribution in [-0.2, 0) is 11.3 Å². The van der Waals surface area contributed by atoms with E-state index in [1.807, 2.05) is 49.5 Å². The standard InChI is InChI=1S/C27H27N5O2/c1-19-24(20(2)32(29-19)23-11-4-3-5-12-23)26(33)27(34)31-16-14-30(15-17-31)18-22-9-6-8-21-10-7-13-28-25(21)22/h3-13H,14-18H2,1-2H3. The molecule has 3 heterocycles. The minimum absolute atomic E-state index is 0.401. The third kappa shape index (κ3) is 4.10. The number of carbonyl (C=O) groups is 2. The second-order valence-electron chi connectivity index (χ2n) is 8.68. The van der Waals surface area contributed by atoms with E-state index in [4.69, 9.17) is 0 Å². The highest BCUT2D eigenvalue weighted by Gasteiger charge is 2.31. The van der Waals surface area contributed by atoms with Crippen LogP contribution in [0, 0.1) is 13.8 Å². The van der Waals surface area contributed by atoms with Gasteiger partial charge in [-0.15, -0.1) is 0 Å². The number of aromatic nitrogens is 3. The van der Waals surface area contributed by atoms with Gasteiger partial charge in [0.25, 0.3) is 11.7 Å². The highest BCUT2D eigenvalue weighted by Crippen LogP contribution is 2.21. The van der Waals surface area contributed by atoms with Crippen LogP contribution in [0.25, 0.3) is 16.6 Å². The van der Waals surface area contributed by atoms with Crippen molar-refractivity contribution >= 4 is 22.6 Å².